The van der Waals surface area contributed by atoms with Gasteiger partial charge in [0, 0.05) is 6.42 Å². The van der Waals surface area contributed by atoms with Gasteiger partial charge in [-0.2, -0.15) is 0 Å². The summed E-state index contributed by atoms with van der Waals surface area (Å²) in [5.74, 6) is -1.90. The summed E-state index contributed by atoms with van der Waals surface area (Å²) >= 11 is 0. The molecule has 68 valence electrons. The van der Waals surface area contributed by atoms with E-state index in [2.05, 4.69) is 0 Å². The van der Waals surface area contributed by atoms with Gasteiger partial charge in [-0.15, -0.1) is 0 Å². The Hall–Kier alpha value is -1.38. The van der Waals surface area contributed by atoms with Crippen molar-refractivity contribution in [3.05, 3.63) is 35.9 Å². The quantitative estimate of drug-likeness (QED) is 0.755. The number of hydrogen-bond donors (Lipinski definition) is 1. The normalized spacial score (nSPS) is 31.3. The Labute approximate surface area is 75.0 Å². The summed E-state index contributed by atoms with van der Waals surface area (Å²) in [6.07, 6.45) is 0.104. The number of halogens is 1. The van der Waals surface area contributed by atoms with E-state index in [0.717, 1.165) is 0 Å². The molecule has 13 heavy (non-hydrogen) atoms. The topological polar surface area (TPSA) is 37.3 Å². The second-order valence-corrected chi connectivity index (χ2v) is 3.32. The van der Waals surface area contributed by atoms with Crippen molar-refractivity contribution in [3.63, 3.8) is 0 Å². The van der Waals surface area contributed by atoms with Crippen LogP contribution in [0.4, 0.5) is 4.39 Å². The molecule has 2 nitrogen and oxygen atoms in total. The standard InChI is InChI=1S/C10H9FO2/c11-10(6-8(10)9(12)13)7-4-2-1-3-5-7/h1-5,8H,6H2,(H,12,13)/t8-,10-/m1/s1. The van der Waals surface area contributed by atoms with E-state index in [0.29, 0.717) is 5.56 Å². The molecule has 0 heterocycles. The van der Waals surface area contributed by atoms with Gasteiger partial charge in [0.05, 0.1) is 5.92 Å². The molecule has 0 radical (unpaired) electrons. The number of benzene rings is 1. The van der Waals surface area contributed by atoms with Gasteiger partial charge in [0.1, 0.15) is 5.67 Å². The van der Waals surface area contributed by atoms with Crippen molar-refractivity contribution in [2.45, 2.75) is 12.1 Å². The van der Waals surface area contributed by atoms with E-state index >= 15 is 0 Å². The van der Waals surface area contributed by atoms with Crippen molar-refractivity contribution >= 4 is 5.97 Å². The third-order valence-corrected chi connectivity index (χ3v) is 2.45. The molecule has 0 bridgehead atoms. The lowest BCUT2D eigenvalue weighted by atomic mass is 10.1. The molecule has 0 unspecified atom stereocenters. The van der Waals surface area contributed by atoms with Crippen LogP contribution in [0, 0.1) is 5.92 Å². The molecule has 1 aliphatic rings. The summed E-state index contributed by atoms with van der Waals surface area (Å²) in [6.45, 7) is 0. The van der Waals surface area contributed by atoms with Gasteiger partial charge in [0.2, 0.25) is 0 Å². The zero-order valence-electron chi connectivity index (χ0n) is 6.90. The Balaban J connectivity index is 2.25. The number of carbonyl (C=O) groups is 1. The molecule has 0 spiro atoms. The monoisotopic (exact) mass is 180 g/mol. The van der Waals surface area contributed by atoms with Crippen LogP contribution in [-0.4, -0.2) is 11.1 Å². The molecule has 1 N–H and O–H groups in total. The molecule has 0 aromatic heterocycles. The van der Waals surface area contributed by atoms with Crippen LogP contribution in [0.5, 0.6) is 0 Å². The van der Waals surface area contributed by atoms with Gasteiger partial charge in [0.25, 0.3) is 0 Å². The molecular weight excluding hydrogens is 171 g/mol. The van der Waals surface area contributed by atoms with Crippen LogP contribution in [0.1, 0.15) is 12.0 Å². The summed E-state index contributed by atoms with van der Waals surface area (Å²) in [5.41, 5.74) is -1.14. The molecule has 1 aromatic carbocycles. The molecule has 1 aliphatic carbocycles. The second-order valence-electron chi connectivity index (χ2n) is 3.32. The van der Waals surface area contributed by atoms with Gasteiger partial charge < -0.3 is 5.11 Å². The lowest BCUT2D eigenvalue weighted by Crippen LogP contribution is -2.09. The van der Waals surface area contributed by atoms with E-state index in [9.17, 15) is 9.18 Å². The number of alkyl halides is 1. The highest BCUT2D eigenvalue weighted by Crippen LogP contribution is 2.55. The molecule has 1 saturated carbocycles. The Morgan fingerprint density at radius 3 is 2.54 bits per heavy atom. The fourth-order valence-electron chi connectivity index (χ4n) is 1.56. The molecule has 0 saturated heterocycles. The molecular formula is C10H9FO2. The van der Waals surface area contributed by atoms with Gasteiger partial charge in [-0.25, -0.2) is 4.39 Å². The Morgan fingerprint density at radius 2 is 2.08 bits per heavy atom. The maximum absolute atomic E-state index is 13.8. The van der Waals surface area contributed by atoms with Crippen LogP contribution < -0.4 is 0 Å². The summed E-state index contributed by atoms with van der Waals surface area (Å²) in [4.78, 5) is 10.5. The molecule has 1 fully saturated rings. The molecule has 0 amide bonds. The highest BCUT2D eigenvalue weighted by Gasteiger charge is 2.61. The number of rotatable bonds is 2. The third-order valence-electron chi connectivity index (χ3n) is 2.45. The number of carboxylic acids is 1. The van der Waals surface area contributed by atoms with E-state index in [1.165, 1.54) is 0 Å². The van der Waals surface area contributed by atoms with Crippen molar-refractivity contribution in [2.24, 2.45) is 5.92 Å². The predicted molar refractivity (Wildman–Crippen MR) is 45.0 cm³/mol. The van der Waals surface area contributed by atoms with Crippen LogP contribution in [0.25, 0.3) is 0 Å². The Morgan fingerprint density at radius 1 is 1.46 bits per heavy atom. The van der Waals surface area contributed by atoms with Gasteiger partial charge in [-0.05, 0) is 5.56 Å². The summed E-state index contributed by atoms with van der Waals surface area (Å²) in [7, 11) is 0. The zero-order chi connectivity index (χ0) is 9.47. The van der Waals surface area contributed by atoms with E-state index in [1.807, 2.05) is 0 Å². The smallest absolute Gasteiger partial charge is 0.310 e. The first-order valence-electron chi connectivity index (χ1n) is 4.12. The van der Waals surface area contributed by atoms with E-state index in [1.54, 1.807) is 30.3 Å². The maximum Gasteiger partial charge on any atom is 0.310 e. The zero-order valence-corrected chi connectivity index (χ0v) is 6.90. The van der Waals surface area contributed by atoms with Crippen molar-refractivity contribution in [3.8, 4) is 0 Å². The summed E-state index contributed by atoms with van der Waals surface area (Å²) in [6, 6.07) is 8.47. The lowest BCUT2D eigenvalue weighted by Gasteiger charge is -2.04. The van der Waals surface area contributed by atoms with Crippen LogP contribution in [0.3, 0.4) is 0 Å². The average Bonchev–Trinajstić information content (AvgIpc) is 2.82. The average molecular weight is 180 g/mol. The first-order chi connectivity index (χ1) is 6.14. The molecule has 1 aromatic rings. The van der Waals surface area contributed by atoms with Gasteiger partial charge in [-0.3, -0.25) is 4.79 Å². The minimum Gasteiger partial charge on any atom is -0.481 e. The Bertz CT molecular complexity index is 336. The first kappa shape index (κ1) is 8.23. The van der Waals surface area contributed by atoms with Crippen molar-refractivity contribution in [1.29, 1.82) is 0 Å². The fraction of sp³-hybridized carbons (Fsp3) is 0.300. The Kier molecular flexibility index (Phi) is 1.62. The van der Waals surface area contributed by atoms with Crippen LogP contribution in [0.2, 0.25) is 0 Å². The maximum atomic E-state index is 13.8. The van der Waals surface area contributed by atoms with Gasteiger partial charge in [-0.1, -0.05) is 30.3 Å². The summed E-state index contributed by atoms with van der Waals surface area (Å²) in [5, 5.41) is 8.61. The lowest BCUT2D eigenvalue weighted by molar-refractivity contribution is -0.139. The molecule has 0 aliphatic heterocycles. The molecule has 2 atom stereocenters. The van der Waals surface area contributed by atoms with Gasteiger partial charge >= 0.3 is 5.97 Å². The largest absolute Gasteiger partial charge is 0.481 e. The molecule has 3 heteroatoms. The minimum atomic E-state index is -1.62. The second kappa shape index (κ2) is 2.55. The number of hydrogen-bond acceptors (Lipinski definition) is 1. The third kappa shape index (κ3) is 1.20. The van der Waals surface area contributed by atoms with E-state index in [-0.39, 0.29) is 6.42 Å². The van der Waals surface area contributed by atoms with E-state index < -0.39 is 17.6 Å². The van der Waals surface area contributed by atoms with Crippen LogP contribution in [0.15, 0.2) is 30.3 Å². The van der Waals surface area contributed by atoms with Gasteiger partial charge in [0.15, 0.2) is 0 Å². The van der Waals surface area contributed by atoms with Crippen molar-refractivity contribution in [2.75, 3.05) is 0 Å². The number of aliphatic carboxylic acids is 1. The van der Waals surface area contributed by atoms with E-state index in [4.69, 9.17) is 5.11 Å². The van der Waals surface area contributed by atoms with Crippen LogP contribution >= 0.6 is 0 Å². The van der Waals surface area contributed by atoms with Crippen LogP contribution in [-0.2, 0) is 10.5 Å². The number of carboxylic acid groups (broad SMARTS) is 1. The SMILES string of the molecule is O=C(O)[C@H]1C[C@@]1(F)c1ccccc1. The van der Waals surface area contributed by atoms with Crippen molar-refractivity contribution < 1.29 is 14.3 Å². The first-order valence-corrected chi connectivity index (χ1v) is 4.12. The minimum absolute atomic E-state index is 0.104. The summed E-state index contributed by atoms with van der Waals surface area (Å²) < 4.78 is 13.8. The fourth-order valence-corrected chi connectivity index (χ4v) is 1.56. The predicted octanol–water partition coefficient (Wildman–Crippen LogP) is 1.96. The highest BCUT2D eigenvalue weighted by molar-refractivity contribution is 5.76. The highest BCUT2D eigenvalue weighted by atomic mass is 19.1. The molecule has 2 rings (SSSR count). The van der Waals surface area contributed by atoms with Crippen molar-refractivity contribution in [1.82, 2.24) is 0 Å².